The first kappa shape index (κ1) is 18.5. The zero-order valence-corrected chi connectivity index (χ0v) is 15.5. The molecule has 0 amide bonds. The molecule has 136 valence electrons. The minimum Gasteiger partial charge on any atom is -0.302 e. The highest BCUT2D eigenvalue weighted by Gasteiger charge is 2.08. The second kappa shape index (κ2) is 7.51. The van der Waals surface area contributed by atoms with Gasteiger partial charge in [-0.25, -0.2) is 0 Å². The van der Waals surface area contributed by atoms with Gasteiger partial charge in [0.2, 0.25) is 0 Å². The van der Waals surface area contributed by atoms with E-state index in [9.17, 15) is 19.7 Å². The molecule has 0 aliphatic rings. The van der Waals surface area contributed by atoms with E-state index in [0.29, 0.717) is 20.3 Å². The summed E-state index contributed by atoms with van der Waals surface area (Å²) in [7, 11) is 1.61. The number of nitro benzene ring substituents is 1. The van der Waals surface area contributed by atoms with E-state index < -0.39 is 4.92 Å². The molecule has 7 heteroatoms. The van der Waals surface area contributed by atoms with E-state index in [1.165, 1.54) is 34.1 Å². The van der Waals surface area contributed by atoms with Crippen molar-refractivity contribution in [3.8, 4) is 0 Å². The molecule has 0 unspecified atom stereocenters. The number of nitrogens with zero attached hydrogens (tertiary/aromatic N) is 2. The summed E-state index contributed by atoms with van der Waals surface area (Å²) >= 11 is 1.20. The molecule has 0 atom stereocenters. The third-order valence-electron chi connectivity index (χ3n) is 4.13. The quantitative estimate of drug-likeness (QED) is 0.395. The number of carbonyl (C=O) groups is 1. The van der Waals surface area contributed by atoms with Crippen LogP contribution in [0.2, 0.25) is 0 Å². The van der Waals surface area contributed by atoms with E-state index in [2.05, 4.69) is 0 Å². The number of Topliss-reactive ketones (excluding diaryl/α,β-unsaturated/α-hetero) is 1. The van der Waals surface area contributed by atoms with Crippen LogP contribution in [0.5, 0.6) is 0 Å². The van der Waals surface area contributed by atoms with Crippen LogP contribution in [0.4, 0.5) is 5.69 Å². The maximum atomic E-state index is 12.5. The minimum absolute atomic E-state index is 0.0101. The van der Waals surface area contributed by atoms with Gasteiger partial charge in [0, 0.05) is 30.8 Å². The fourth-order valence-corrected chi connectivity index (χ4v) is 3.62. The van der Waals surface area contributed by atoms with Crippen LogP contribution < -0.4 is 14.8 Å². The van der Waals surface area contributed by atoms with E-state index in [1.807, 2.05) is 19.1 Å². The van der Waals surface area contributed by atoms with Gasteiger partial charge in [-0.1, -0.05) is 24.3 Å². The van der Waals surface area contributed by atoms with Crippen molar-refractivity contribution >= 4 is 35.0 Å². The van der Waals surface area contributed by atoms with Crippen LogP contribution in [0, 0.1) is 17.0 Å². The number of thiazole rings is 1. The average Bonchev–Trinajstić information content (AvgIpc) is 2.90. The first-order valence-electron chi connectivity index (χ1n) is 8.10. The summed E-state index contributed by atoms with van der Waals surface area (Å²) in [5, 5.41) is 10.7. The van der Waals surface area contributed by atoms with Gasteiger partial charge < -0.3 is 4.57 Å². The van der Waals surface area contributed by atoms with Gasteiger partial charge in [-0.2, -0.15) is 0 Å². The lowest BCUT2D eigenvalue weighted by Crippen LogP contribution is -2.29. The fraction of sp³-hybridized carbons (Fsp3) is 0.100. The van der Waals surface area contributed by atoms with Crippen LogP contribution in [-0.2, 0) is 7.05 Å². The molecule has 0 saturated heterocycles. The van der Waals surface area contributed by atoms with Crippen LogP contribution in [0.25, 0.3) is 12.2 Å². The first-order chi connectivity index (χ1) is 12.9. The number of rotatable bonds is 4. The molecule has 3 rings (SSSR count). The summed E-state index contributed by atoms with van der Waals surface area (Å²) in [6, 6.07) is 13.2. The molecule has 2 aromatic carbocycles. The molecule has 1 aromatic heterocycles. The Labute approximate surface area is 158 Å². The lowest BCUT2D eigenvalue weighted by atomic mass is 10.1. The predicted octanol–water partition coefficient (Wildman–Crippen LogP) is 2.16. The van der Waals surface area contributed by atoms with E-state index >= 15 is 0 Å². The highest BCUT2D eigenvalue weighted by atomic mass is 32.1. The molecular weight excluding hydrogens is 364 g/mol. The second-order valence-corrected chi connectivity index (χ2v) is 7.05. The monoisotopic (exact) mass is 380 g/mol. The van der Waals surface area contributed by atoms with Crippen molar-refractivity contribution in [1.82, 2.24) is 4.57 Å². The third-order valence-corrected chi connectivity index (χ3v) is 5.24. The van der Waals surface area contributed by atoms with Gasteiger partial charge in [-0.15, -0.1) is 11.3 Å². The SMILES string of the molecule is Cc1ccccc1C(=O)/C=c1\s/c(=C\c2ccc([N+](=O)[O-])cc2)c(=O)n1C. The highest BCUT2D eigenvalue weighted by molar-refractivity contribution is 7.07. The topological polar surface area (TPSA) is 82.2 Å². The van der Waals surface area contributed by atoms with Crippen LogP contribution in [-0.4, -0.2) is 15.3 Å². The summed E-state index contributed by atoms with van der Waals surface area (Å²) in [5.74, 6) is -0.160. The summed E-state index contributed by atoms with van der Waals surface area (Å²) < 4.78 is 2.43. The molecule has 0 saturated carbocycles. The Balaban J connectivity index is 2.04. The van der Waals surface area contributed by atoms with Crippen LogP contribution in [0.15, 0.2) is 53.3 Å². The number of nitro groups is 1. The molecule has 6 nitrogen and oxygen atoms in total. The molecule has 0 aliphatic heterocycles. The van der Waals surface area contributed by atoms with Crippen molar-refractivity contribution in [1.29, 1.82) is 0 Å². The maximum absolute atomic E-state index is 12.5. The zero-order chi connectivity index (χ0) is 19.6. The summed E-state index contributed by atoms with van der Waals surface area (Å²) in [5.41, 5.74) is 1.92. The molecule has 0 aliphatic carbocycles. The Morgan fingerprint density at radius 2 is 1.81 bits per heavy atom. The van der Waals surface area contributed by atoms with E-state index in [-0.39, 0.29) is 17.0 Å². The van der Waals surface area contributed by atoms with Gasteiger partial charge in [-0.3, -0.25) is 19.7 Å². The van der Waals surface area contributed by atoms with Crippen LogP contribution >= 0.6 is 11.3 Å². The van der Waals surface area contributed by atoms with Gasteiger partial charge in [0.05, 0.1) is 9.46 Å². The number of hydrogen-bond donors (Lipinski definition) is 0. The second-order valence-electron chi connectivity index (χ2n) is 5.99. The van der Waals surface area contributed by atoms with Crippen molar-refractivity contribution in [3.63, 3.8) is 0 Å². The zero-order valence-electron chi connectivity index (χ0n) is 14.7. The first-order valence-corrected chi connectivity index (χ1v) is 8.92. The van der Waals surface area contributed by atoms with Crippen molar-refractivity contribution < 1.29 is 9.72 Å². The third kappa shape index (κ3) is 3.93. The number of benzene rings is 2. The Bertz CT molecular complexity index is 1200. The van der Waals surface area contributed by atoms with Crippen LogP contribution in [0.1, 0.15) is 21.5 Å². The number of hydrogen-bond acceptors (Lipinski definition) is 5. The van der Waals surface area contributed by atoms with Crippen LogP contribution in [0.3, 0.4) is 0 Å². The standard InChI is InChI=1S/C20H16N2O4S/c1-13-5-3-4-6-16(13)17(23)12-19-21(2)20(24)18(27-19)11-14-7-9-15(10-8-14)22(25)26/h3-12H,1-2H3/b18-11-,19-12-. The summed E-state index contributed by atoms with van der Waals surface area (Å²) in [6.07, 6.45) is 3.12. The molecule has 1 heterocycles. The van der Waals surface area contributed by atoms with Crippen molar-refractivity contribution in [3.05, 3.63) is 94.9 Å². The highest BCUT2D eigenvalue weighted by Crippen LogP contribution is 2.12. The van der Waals surface area contributed by atoms with Crippen molar-refractivity contribution in [2.45, 2.75) is 6.92 Å². The Hall–Kier alpha value is -3.32. The molecular formula is C20H16N2O4S. The lowest BCUT2D eigenvalue weighted by molar-refractivity contribution is -0.384. The molecule has 0 radical (unpaired) electrons. The fourth-order valence-electron chi connectivity index (χ4n) is 2.59. The van der Waals surface area contributed by atoms with E-state index in [4.69, 9.17) is 0 Å². The lowest BCUT2D eigenvalue weighted by Gasteiger charge is -1.99. The number of non-ortho nitro benzene ring substituents is 1. The molecule has 0 spiro atoms. The smallest absolute Gasteiger partial charge is 0.269 e. The molecule has 0 bridgehead atoms. The van der Waals surface area contributed by atoms with Crippen molar-refractivity contribution in [2.75, 3.05) is 0 Å². The number of carbonyl (C=O) groups excluding carboxylic acids is 1. The largest absolute Gasteiger partial charge is 0.302 e. The Kier molecular flexibility index (Phi) is 5.14. The number of aryl methyl sites for hydroxylation is 1. The Morgan fingerprint density at radius 1 is 1.15 bits per heavy atom. The van der Waals surface area contributed by atoms with Crippen molar-refractivity contribution in [2.24, 2.45) is 7.05 Å². The normalized spacial score (nSPS) is 12.4. The van der Waals surface area contributed by atoms with Gasteiger partial charge in [0.15, 0.2) is 5.78 Å². The van der Waals surface area contributed by atoms with E-state index in [1.54, 1.807) is 37.4 Å². The average molecular weight is 380 g/mol. The predicted molar refractivity (Wildman–Crippen MR) is 105 cm³/mol. The number of ketones is 1. The summed E-state index contributed by atoms with van der Waals surface area (Å²) in [6.45, 7) is 1.86. The summed E-state index contributed by atoms with van der Waals surface area (Å²) in [4.78, 5) is 35.2. The molecule has 27 heavy (non-hydrogen) atoms. The van der Waals surface area contributed by atoms with Gasteiger partial charge >= 0.3 is 0 Å². The number of aromatic nitrogens is 1. The maximum Gasteiger partial charge on any atom is 0.269 e. The molecule has 0 N–H and O–H groups in total. The van der Waals surface area contributed by atoms with Gasteiger partial charge in [-0.05, 0) is 36.3 Å². The molecule has 3 aromatic rings. The van der Waals surface area contributed by atoms with Gasteiger partial charge in [0.1, 0.15) is 4.66 Å². The van der Waals surface area contributed by atoms with E-state index in [0.717, 1.165) is 5.56 Å². The molecule has 0 fully saturated rings. The Morgan fingerprint density at radius 3 is 2.44 bits per heavy atom. The van der Waals surface area contributed by atoms with Gasteiger partial charge in [0.25, 0.3) is 11.2 Å². The minimum atomic E-state index is -0.474.